The van der Waals surface area contributed by atoms with E-state index < -0.39 is 48.5 Å². The molecule has 6 atom stereocenters. The molecule has 3 aliphatic heterocycles. The van der Waals surface area contributed by atoms with Crippen LogP contribution in [0.15, 0.2) is 54.6 Å². The molecule has 0 bridgehead atoms. The molecule has 4 aromatic rings. The van der Waals surface area contributed by atoms with Crippen LogP contribution in [0.1, 0.15) is 58.2 Å². The molecule has 0 spiro atoms. The summed E-state index contributed by atoms with van der Waals surface area (Å²) in [6, 6.07) is 17.0. The van der Waals surface area contributed by atoms with Crippen molar-refractivity contribution in [3.63, 3.8) is 0 Å². The van der Waals surface area contributed by atoms with E-state index in [4.69, 9.17) is 34.5 Å². The van der Waals surface area contributed by atoms with Gasteiger partial charge in [-0.15, -0.1) is 0 Å². The number of piperidine rings is 1. The number of benzene rings is 2. The van der Waals surface area contributed by atoms with E-state index in [1.807, 2.05) is 18.2 Å². The number of nitriles is 1. The normalized spacial score (nSPS) is 24.3. The molecule has 0 radical (unpaired) electrons. The monoisotopic (exact) mass is 763 g/mol. The molecular weight excluding hydrogens is 721 g/mol. The standard InChI is InChI=1S/C31H30FN5O4.C7H12O7/c32-25-14-20(16-33)4-5-23(25)19-41-30-3-1-2-26(35-30)21-8-11-36(12-9-21)18-29-34-27-7-6-22(31(38)39)15-28(27)37(29)17-24-10-13-40-24;1-13-7-4(10)2(8)3(9)5(14-7)6(11)12/h1-7,14-15,21,24H,8-13,17-19H2,(H,38,39);2-5,7-10H,1H3,(H,11,12)/t24-;2-,3-,4+,5-,7+/m00/s1. The zero-order chi connectivity index (χ0) is 39.2. The first-order chi connectivity index (χ1) is 26.4. The molecule has 2 aromatic heterocycles. The highest BCUT2D eigenvalue weighted by molar-refractivity contribution is 5.92. The van der Waals surface area contributed by atoms with Crippen LogP contribution in [-0.2, 0) is 38.7 Å². The van der Waals surface area contributed by atoms with Gasteiger partial charge in [0.25, 0.3) is 0 Å². The second-order valence-electron chi connectivity index (χ2n) is 13.6. The van der Waals surface area contributed by atoms with Gasteiger partial charge in [-0.1, -0.05) is 12.1 Å². The quantitative estimate of drug-likeness (QED) is 0.148. The third-order valence-corrected chi connectivity index (χ3v) is 9.97. The number of aromatic carboxylic acids is 1. The van der Waals surface area contributed by atoms with Crippen molar-refractivity contribution in [1.29, 1.82) is 5.26 Å². The van der Waals surface area contributed by atoms with Crippen LogP contribution >= 0.6 is 0 Å². The lowest BCUT2D eigenvalue weighted by Gasteiger charge is -2.37. The van der Waals surface area contributed by atoms with E-state index in [1.165, 1.54) is 13.2 Å². The smallest absolute Gasteiger partial charge is 0.335 e. The lowest BCUT2D eigenvalue weighted by atomic mass is 9.93. The van der Waals surface area contributed by atoms with Crippen LogP contribution in [0.3, 0.4) is 0 Å². The number of likely N-dealkylation sites (tertiary alicyclic amines) is 1. The number of halogens is 1. The largest absolute Gasteiger partial charge is 0.479 e. The van der Waals surface area contributed by atoms with Crippen LogP contribution < -0.4 is 4.74 Å². The second kappa shape index (κ2) is 17.6. The molecule has 0 aliphatic carbocycles. The first-order valence-corrected chi connectivity index (χ1v) is 17.8. The van der Waals surface area contributed by atoms with Gasteiger partial charge in [-0.2, -0.15) is 5.26 Å². The number of carboxylic acids is 2. The van der Waals surface area contributed by atoms with Crippen LogP contribution in [0, 0.1) is 17.1 Å². The van der Waals surface area contributed by atoms with E-state index in [1.54, 1.807) is 36.4 Å². The van der Waals surface area contributed by atoms with Crippen LogP contribution in [-0.4, -0.2) is 121 Å². The number of carbonyl (C=O) groups is 2. The molecule has 0 unspecified atom stereocenters. The highest BCUT2D eigenvalue weighted by atomic mass is 19.1. The topological polar surface area (TPSA) is 230 Å². The molecule has 7 rings (SSSR count). The minimum absolute atomic E-state index is 0.0350. The fraction of sp³-hybridized carbons (Fsp3) is 0.447. The number of pyridine rings is 1. The van der Waals surface area contributed by atoms with Crippen LogP contribution in [0.4, 0.5) is 4.39 Å². The fourth-order valence-electron chi connectivity index (χ4n) is 6.72. The first kappa shape index (κ1) is 39.6. The van der Waals surface area contributed by atoms with Crippen molar-refractivity contribution in [3.8, 4) is 11.9 Å². The van der Waals surface area contributed by atoms with Crippen LogP contribution in [0.2, 0.25) is 0 Å². The maximum atomic E-state index is 14.2. The van der Waals surface area contributed by atoms with Crippen molar-refractivity contribution in [2.75, 3.05) is 26.8 Å². The molecule has 5 N–H and O–H groups in total. The van der Waals surface area contributed by atoms with Crippen molar-refractivity contribution in [2.24, 2.45) is 0 Å². The van der Waals surface area contributed by atoms with Crippen molar-refractivity contribution >= 4 is 23.0 Å². The summed E-state index contributed by atoms with van der Waals surface area (Å²) in [5, 5.41) is 54.7. The SMILES string of the molecule is CO[C@@H]1O[C@H](C(=O)O)[C@@H](O)[C@H](O)[C@H]1O.N#Cc1ccc(COc2cccc(C3CCN(Cc4nc5ccc(C(=O)O)cc5n4C[C@@H]4CCO4)CC3)n2)c(F)c1. The molecule has 17 heteroatoms. The van der Waals surface area contributed by atoms with Crippen LogP contribution in [0.5, 0.6) is 5.88 Å². The number of rotatable bonds is 11. The van der Waals surface area contributed by atoms with Gasteiger partial charge in [0.2, 0.25) is 5.88 Å². The van der Waals surface area contributed by atoms with Gasteiger partial charge in [0.1, 0.15) is 36.6 Å². The highest BCUT2D eigenvalue weighted by Crippen LogP contribution is 2.30. The Hall–Kier alpha value is -5.06. The van der Waals surface area contributed by atoms with Gasteiger partial charge < -0.3 is 49.0 Å². The average molecular weight is 764 g/mol. The number of carboxylic acid groups (broad SMARTS) is 2. The highest BCUT2D eigenvalue weighted by Gasteiger charge is 2.47. The summed E-state index contributed by atoms with van der Waals surface area (Å²) in [5.74, 6) is -1.20. The maximum absolute atomic E-state index is 14.2. The first-order valence-electron chi connectivity index (χ1n) is 17.8. The van der Waals surface area contributed by atoms with Crippen LogP contribution in [0.25, 0.3) is 11.0 Å². The van der Waals surface area contributed by atoms with Gasteiger partial charge in [-0.05, 0) is 68.8 Å². The molecule has 16 nitrogen and oxygen atoms in total. The number of imidazole rings is 1. The number of hydrogen-bond donors (Lipinski definition) is 5. The molecular formula is C38H42FN5O11. The molecule has 5 heterocycles. The summed E-state index contributed by atoms with van der Waals surface area (Å²) in [7, 11) is 1.19. The lowest BCUT2D eigenvalue weighted by molar-refractivity contribution is -0.287. The molecule has 3 aliphatic rings. The van der Waals surface area contributed by atoms with Crippen molar-refractivity contribution < 1.29 is 58.5 Å². The van der Waals surface area contributed by atoms with Crippen molar-refractivity contribution in [2.45, 2.75) is 81.7 Å². The Balaban J connectivity index is 0.000000311. The molecule has 3 saturated heterocycles. The summed E-state index contributed by atoms with van der Waals surface area (Å²) < 4.78 is 37.1. The zero-order valence-corrected chi connectivity index (χ0v) is 29.9. The number of ether oxygens (including phenoxy) is 4. The summed E-state index contributed by atoms with van der Waals surface area (Å²) in [4.78, 5) is 34.1. The minimum Gasteiger partial charge on any atom is -0.479 e. The van der Waals surface area contributed by atoms with E-state index >= 15 is 0 Å². The zero-order valence-electron chi connectivity index (χ0n) is 29.9. The van der Waals surface area contributed by atoms with Gasteiger partial charge in [0, 0.05) is 37.0 Å². The number of methoxy groups -OCH3 is 1. The number of hydrogen-bond acceptors (Lipinski definition) is 13. The fourth-order valence-corrected chi connectivity index (χ4v) is 6.72. The molecule has 55 heavy (non-hydrogen) atoms. The van der Waals surface area contributed by atoms with E-state index in [9.17, 15) is 34.4 Å². The number of nitrogens with zero attached hydrogens (tertiary/aromatic N) is 5. The Kier molecular flexibility index (Phi) is 12.7. The third-order valence-electron chi connectivity index (χ3n) is 9.97. The molecule has 0 amide bonds. The Labute approximate surface area is 314 Å². The summed E-state index contributed by atoms with van der Waals surface area (Å²) in [6.45, 7) is 3.87. The number of aliphatic hydroxyl groups is 3. The predicted octanol–water partition coefficient (Wildman–Crippen LogP) is 2.41. The van der Waals surface area contributed by atoms with Crippen molar-refractivity contribution in [3.05, 3.63) is 88.6 Å². The van der Waals surface area contributed by atoms with E-state index in [-0.39, 0.29) is 29.8 Å². The molecule has 292 valence electrons. The molecule has 3 fully saturated rings. The number of fused-ring (bicyclic) bond motifs is 1. The lowest BCUT2D eigenvalue weighted by Crippen LogP contribution is -2.60. The second-order valence-corrected chi connectivity index (χ2v) is 13.6. The van der Waals surface area contributed by atoms with Gasteiger partial charge in [0.15, 0.2) is 12.4 Å². The van der Waals surface area contributed by atoms with E-state index in [0.717, 1.165) is 61.5 Å². The Morgan fingerprint density at radius 2 is 1.76 bits per heavy atom. The predicted molar refractivity (Wildman–Crippen MR) is 189 cm³/mol. The number of aliphatic carboxylic acids is 1. The third kappa shape index (κ3) is 9.26. The van der Waals surface area contributed by atoms with E-state index in [0.29, 0.717) is 24.5 Å². The number of aromatic nitrogens is 3. The number of aliphatic hydroxyl groups excluding tert-OH is 3. The molecule has 2 aromatic carbocycles. The van der Waals surface area contributed by atoms with Crippen molar-refractivity contribution in [1.82, 2.24) is 19.4 Å². The minimum atomic E-state index is -1.67. The van der Waals surface area contributed by atoms with Gasteiger partial charge in [-0.3, -0.25) is 4.90 Å². The Bertz CT molecular complexity index is 2030. The maximum Gasteiger partial charge on any atom is 0.335 e. The summed E-state index contributed by atoms with van der Waals surface area (Å²) >= 11 is 0. The molecule has 0 saturated carbocycles. The van der Waals surface area contributed by atoms with Gasteiger partial charge in [0.05, 0.1) is 47.4 Å². The Morgan fingerprint density at radius 1 is 1.00 bits per heavy atom. The summed E-state index contributed by atoms with van der Waals surface area (Å²) in [5.41, 5.74) is 3.47. The van der Waals surface area contributed by atoms with Gasteiger partial charge >= 0.3 is 11.9 Å². The van der Waals surface area contributed by atoms with E-state index in [2.05, 4.69) is 14.2 Å². The van der Waals surface area contributed by atoms with Gasteiger partial charge in [-0.25, -0.2) is 23.9 Å². The average Bonchev–Trinajstić information content (AvgIpc) is 3.50. The Morgan fingerprint density at radius 3 is 2.40 bits per heavy atom. The summed E-state index contributed by atoms with van der Waals surface area (Å²) in [6.07, 6.45) is -4.63.